The maximum absolute atomic E-state index is 12.7. The van der Waals surface area contributed by atoms with E-state index in [0.717, 1.165) is 18.7 Å². The zero-order valence-corrected chi connectivity index (χ0v) is 7.44. The third-order valence-corrected chi connectivity index (χ3v) is 1.93. The van der Waals surface area contributed by atoms with Crippen LogP contribution < -0.4 is 0 Å². The van der Waals surface area contributed by atoms with E-state index >= 15 is 0 Å². The van der Waals surface area contributed by atoms with Crippen LogP contribution in [0.5, 0.6) is 0 Å². The van der Waals surface area contributed by atoms with Crippen LogP contribution in [-0.2, 0) is 4.84 Å². The third-order valence-electron chi connectivity index (χ3n) is 1.93. The number of amides is 1. The van der Waals surface area contributed by atoms with Gasteiger partial charge in [0.2, 0.25) is 0 Å². The summed E-state index contributed by atoms with van der Waals surface area (Å²) < 4.78 is 12.7. The molecule has 1 aliphatic rings. The van der Waals surface area contributed by atoms with Crippen LogP contribution in [-0.4, -0.2) is 29.1 Å². The lowest BCUT2D eigenvalue weighted by molar-refractivity contribution is -0.0768. The van der Waals surface area contributed by atoms with Crippen molar-refractivity contribution >= 4 is 5.91 Å². The Morgan fingerprint density at radius 3 is 3.07 bits per heavy atom. The maximum atomic E-state index is 12.7. The molecule has 2 heterocycles. The van der Waals surface area contributed by atoms with Crippen molar-refractivity contribution in [2.75, 3.05) is 13.2 Å². The minimum atomic E-state index is -0.518. The highest BCUT2D eigenvalue weighted by atomic mass is 19.1. The first-order valence-corrected chi connectivity index (χ1v) is 4.33. The molecule has 14 heavy (non-hydrogen) atoms. The number of hydrogen-bond acceptors (Lipinski definition) is 3. The van der Waals surface area contributed by atoms with Crippen molar-refractivity contribution in [1.29, 1.82) is 0 Å². The molecular formula is C9H9FN2O2. The van der Waals surface area contributed by atoms with Crippen molar-refractivity contribution in [1.82, 2.24) is 10.0 Å². The highest BCUT2D eigenvalue weighted by molar-refractivity contribution is 5.93. The van der Waals surface area contributed by atoms with Gasteiger partial charge < -0.3 is 0 Å². The molecule has 0 saturated carbocycles. The van der Waals surface area contributed by atoms with Gasteiger partial charge in [-0.2, -0.15) is 0 Å². The summed E-state index contributed by atoms with van der Waals surface area (Å²) in [7, 11) is 0. The van der Waals surface area contributed by atoms with Gasteiger partial charge in [0.1, 0.15) is 5.82 Å². The molecule has 0 aromatic carbocycles. The minimum absolute atomic E-state index is 0.215. The van der Waals surface area contributed by atoms with Gasteiger partial charge in [-0.05, 0) is 12.5 Å². The molecule has 1 fully saturated rings. The van der Waals surface area contributed by atoms with Gasteiger partial charge in [-0.1, -0.05) is 0 Å². The summed E-state index contributed by atoms with van der Waals surface area (Å²) in [5.74, 6) is -0.857. The zero-order valence-electron chi connectivity index (χ0n) is 7.44. The summed E-state index contributed by atoms with van der Waals surface area (Å²) in [6, 6.07) is 1.15. The number of pyridine rings is 1. The van der Waals surface area contributed by atoms with E-state index < -0.39 is 5.82 Å². The molecular weight excluding hydrogens is 187 g/mol. The third kappa shape index (κ3) is 1.72. The lowest BCUT2D eigenvalue weighted by Gasteiger charge is -2.12. The van der Waals surface area contributed by atoms with E-state index in [1.54, 1.807) is 0 Å². The fourth-order valence-electron chi connectivity index (χ4n) is 1.28. The predicted molar refractivity (Wildman–Crippen MR) is 45.8 cm³/mol. The Balaban J connectivity index is 2.17. The monoisotopic (exact) mass is 196 g/mol. The second kappa shape index (κ2) is 3.71. The van der Waals surface area contributed by atoms with Crippen LogP contribution in [0.2, 0.25) is 0 Å². The van der Waals surface area contributed by atoms with E-state index in [1.165, 1.54) is 11.3 Å². The highest BCUT2D eigenvalue weighted by Crippen LogP contribution is 2.10. The summed E-state index contributed by atoms with van der Waals surface area (Å²) in [5, 5.41) is 1.23. The number of hydroxylamine groups is 2. The topological polar surface area (TPSA) is 42.4 Å². The summed E-state index contributed by atoms with van der Waals surface area (Å²) in [5.41, 5.74) is 0.215. The van der Waals surface area contributed by atoms with Crippen molar-refractivity contribution in [3.05, 3.63) is 29.8 Å². The Hall–Kier alpha value is -1.49. The molecule has 0 unspecified atom stereocenters. The number of halogens is 1. The quantitative estimate of drug-likeness (QED) is 0.672. The molecule has 1 aromatic heterocycles. The van der Waals surface area contributed by atoms with Crippen LogP contribution in [0, 0.1) is 5.82 Å². The Morgan fingerprint density at radius 2 is 2.43 bits per heavy atom. The normalized spacial score (nSPS) is 15.9. The lowest BCUT2D eigenvalue weighted by atomic mass is 10.2. The molecule has 2 rings (SSSR count). The van der Waals surface area contributed by atoms with Gasteiger partial charge in [0, 0.05) is 6.20 Å². The molecule has 74 valence electrons. The summed E-state index contributed by atoms with van der Waals surface area (Å²) in [6.07, 6.45) is 3.20. The number of carbonyl (C=O) groups is 1. The average Bonchev–Trinajstić information content (AvgIpc) is 2.69. The van der Waals surface area contributed by atoms with E-state index in [1.807, 2.05) is 0 Å². The summed E-state index contributed by atoms with van der Waals surface area (Å²) in [6.45, 7) is 1.09. The van der Waals surface area contributed by atoms with Crippen molar-refractivity contribution in [3.63, 3.8) is 0 Å². The van der Waals surface area contributed by atoms with E-state index in [0.29, 0.717) is 13.2 Å². The van der Waals surface area contributed by atoms with Gasteiger partial charge in [0.25, 0.3) is 5.91 Å². The number of rotatable bonds is 1. The van der Waals surface area contributed by atoms with Gasteiger partial charge in [-0.25, -0.2) is 9.45 Å². The summed E-state index contributed by atoms with van der Waals surface area (Å²) >= 11 is 0. The smallest absolute Gasteiger partial charge is 0.271 e. The molecule has 1 aromatic rings. The van der Waals surface area contributed by atoms with E-state index in [2.05, 4.69) is 4.98 Å². The molecule has 4 nitrogen and oxygen atoms in total. The minimum Gasteiger partial charge on any atom is -0.271 e. The number of nitrogens with zero attached hydrogens (tertiary/aromatic N) is 2. The van der Waals surface area contributed by atoms with Gasteiger partial charge in [0.05, 0.1) is 24.9 Å². The molecule has 0 aliphatic carbocycles. The highest BCUT2D eigenvalue weighted by Gasteiger charge is 2.21. The standard InChI is InChI=1S/C9H9FN2O2/c10-8-4-7(5-11-6-8)9(13)12-2-1-3-14-12/h4-6H,1-3H2. The molecule has 0 radical (unpaired) electrons. The number of carbonyl (C=O) groups excluding carboxylic acids is 1. The molecule has 1 aliphatic heterocycles. The van der Waals surface area contributed by atoms with Crippen LogP contribution >= 0.6 is 0 Å². The Bertz CT molecular complexity index is 350. The largest absolute Gasteiger partial charge is 0.279 e. The molecule has 0 N–H and O–H groups in total. The Morgan fingerprint density at radius 1 is 1.57 bits per heavy atom. The Labute approximate surface area is 80.3 Å². The van der Waals surface area contributed by atoms with E-state index in [4.69, 9.17) is 4.84 Å². The van der Waals surface area contributed by atoms with Crippen LogP contribution in [0.4, 0.5) is 4.39 Å². The predicted octanol–water partition coefficient (Wildman–Crippen LogP) is 0.998. The molecule has 0 atom stereocenters. The van der Waals surface area contributed by atoms with Gasteiger partial charge in [-0.15, -0.1) is 0 Å². The van der Waals surface area contributed by atoms with Gasteiger partial charge in [0.15, 0.2) is 0 Å². The lowest BCUT2D eigenvalue weighted by Crippen LogP contribution is -2.26. The number of hydrogen-bond donors (Lipinski definition) is 0. The summed E-state index contributed by atoms with van der Waals surface area (Å²) in [4.78, 5) is 20.2. The zero-order chi connectivity index (χ0) is 9.97. The molecule has 0 spiro atoms. The average molecular weight is 196 g/mol. The first kappa shape index (κ1) is 9.08. The van der Waals surface area contributed by atoms with Crippen molar-refractivity contribution in [2.45, 2.75) is 6.42 Å². The van der Waals surface area contributed by atoms with Crippen LogP contribution in [0.15, 0.2) is 18.5 Å². The molecule has 0 bridgehead atoms. The fraction of sp³-hybridized carbons (Fsp3) is 0.333. The first-order valence-electron chi connectivity index (χ1n) is 4.33. The SMILES string of the molecule is O=C(c1cncc(F)c1)N1CCCO1. The van der Waals surface area contributed by atoms with E-state index in [9.17, 15) is 9.18 Å². The molecule has 1 amide bonds. The Kier molecular flexibility index (Phi) is 2.41. The molecule has 5 heteroatoms. The van der Waals surface area contributed by atoms with E-state index in [-0.39, 0.29) is 11.5 Å². The van der Waals surface area contributed by atoms with Gasteiger partial charge in [-0.3, -0.25) is 14.6 Å². The number of aromatic nitrogens is 1. The van der Waals surface area contributed by atoms with Crippen molar-refractivity contribution in [2.24, 2.45) is 0 Å². The van der Waals surface area contributed by atoms with Crippen LogP contribution in [0.3, 0.4) is 0 Å². The first-order chi connectivity index (χ1) is 6.77. The van der Waals surface area contributed by atoms with Crippen molar-refractivity contribution in [3.8, 4) is 0 Å². The second-order valence-corrected chi connectivity index (χ2v) is 2.99. The fourth-order valence-corrected chi connectivity index (χ4v) is 1.28. The second-order valence-electron chi connectivity index (χ2n) is 2.99. The van der Waals surface area contributed by atoms with Crippen LogP contribution in [0.25, 0.3) is 0 Å². The van der Waals surface area contributed by atoms with Gasteiger partial charge >= 0.3 is 0 Å². The van der Waals surface area contributed by atoms with Crippen molar-refractivity contribution < 1.29 is 14.0 Å². The van der Waals surface area contributed by atoms with Crippen LogP contribution in [0.1, 0.15) is 16.8 Å². The molecule has 1 saturated heterocycles. The maximum Gasteiger partial charge on any atom is 0.279 e.